The molecule has 24 heavy (non-hydrogen) atoms. The zero-order chi connectivity index (χ0) is 16.5. The van der Waals surface area contributed by atoms with E-state index in [0.29, 0.717) is 0 Å². The maximum atomic E-state index is 5.58. The van der Waals surface area contributed by atoms with E-state index in [4.69, 9.17) is 9.52 Å². The first-order valence-electron chi connectivity index (χ1n) is 8.25. The number of hydrogen-bond acceptors (Lipinski definition) is 3. The van der Waals surface area contributed by atoms with Crippen LogP contribution in [0.2, 0.25) is 0 Å². The van der Waals surface area contributed by atoms with Crippen molar-refractivity contribution in [2.75, 3.05) is 5.01 Å². The van der Waals surface area contributed by atoms with E-state index in [0.717, 1.165) is 23.6 Å². The van der Waals surface area contributed by atoms with Crippen LogP contribution < -0.4 is 5.01 Å². The highest BCUT2D eigenvalue weighted by Crippen LogP contribution is 2.38. The molecule has 0 bridgehead atoms. The molecule has 120 valence electrons. The van der Waals surface area contributed by atoms with Crippen molar-refractivity contribution in [3.63, 3.8) is 0 Å². The van der Waals surface area contributed by atoms with Crippen LogP contribution in [0.4, 0.5) is 5.69 Å². The fourth-order valence-electron chi connectivity index (χ4n) is 3.32. The molecule has 4 rings (SSSR count). The number of furan rings is 1. The summed E-state index contributed by atoms with van der Waals surface area (Å²) in [5.74, 6) is 0.850. The van der Waals surface area contributed by atoms with Crippen LogP contribution >= 0.6 is 0 Å². The summed E-state index contributed by atoms with van der Waals surface area (Å²) in [4.78, 5) is 0. The number of rotatable bonds is 3. The highest BCUT2D eigenvalue weighted by atomic mass is 16.3. The fraction of sp³-hybridized carbons (Fsp3) is 0.190. The van der Waals surface area contributed by atoms with Crippen molar-refractivity contribution in [2.45, 2.75) is 26.3 Å². The Morgan fingerprint density at radius 3 is 2.54 bits per heavy atom. The molecule has 0 amide bonds. The van der Waals surface area contributed by atoms with Crippen molar-refractivity contribution in [1.82, 2.24) is 0 Å². The average molecular weight is 316 g/mol. The van der Waals surface area contributed by atoms with Gasteiger partial charge in [-0.2, -0.15) is 5.10 Å². The Balaban J connectivity index is 1.79. The molecule has 0 fully saturated rings. The molecule has 1 atom stereocenters. The van der Waals surface area contributed by atoms with Crippen LogP contribution in [0.5, 0.6) is 0 Å². The Labute approximate surface area is 142 Å². The number of aryl methyl sites for hydroxylation is 2. The topological polar surface area (TPSA) is 28.7 Å². The molecule has 0 radical (unpaired) electrons. The summed E-state index contributed by atoms with van der Waals surface area (Å²) < 4.78 is 5.58. The van der Waals surface area contributed by atoms with Crippen molar-refractivity contribution < 1.29 is 4.42 Å². The maximum Gasteiger partial charge on any atom is 0.149 e. The summed E-state index contributed by atoms with van der Waals surface area (Å²) in [6.45, 7) is 4.26. The van der Waals surface area contributed by atoms with Crippen molar-refractivity contribution in [2.24, 2.45) is 5.10 Å². The molecule has 0 spiro atoms. The van der Waals surface area contributed by atoms with Gasteiger partial charge in [0.2, 0.25) is 0 Å². The SMILES string of the molecule is Cc1ccc(N2N=C(c3ccco3)CC2c2ccccc2)c(C)c1. The highest BCUT2D eigenvalue weighted by Gasteiger charge is 2.31. The molecule has 3 heteroatoms. The second-order valence-corrected chi connectivity index (χ2v) is 6.29. The van der Waals surface area contributed by atoms with E-state index >= 15 is 0 Å². The largest absolute Gasteiger partial charge is 0.463 e. The third kappa shape index (κ3) is 2.62. The molecule has 0 aliphatic carbocycles. The van der Waals surface area contributed by atoms with E-state index in [1.54, 1.807) is 6.26 Å². The van der Waals surface area contributed by atoms with Gasteiger partial charge in [0.1, 0.15) is 11.5 Å². The van der Waals surface area contributed by atoms with Crippen LogP contribution in [-0.2, 0) is 0 Å². The summed E-state index contributed by atoms with van der Waals surface area (Å²) in [6, 6.07) is 21.1. The number of anilines is 1. The van der Waals surface area contributed by atoms with Gasteiger partial charge in [-0.05, 0) is 43.2 Å². The lowest BCUT2D eigenvalue weighted by atomic mass is 10.00. The minimum Gasteiger partial charge on any atom is -0.463 e. The zero-order valence-corrected chi connectivity index (χ0v) is 13.9. The van der Waals surface area contributed by atoms with E-state index in [9.17, 15) is 0 Å². The predicted molar refractivity (Wildman–Crippen MR) is 97.4 cm³/mol. The minimum atomic E-state index is 0.188. The molecule has 2 aromatic carbocycles. The van der Waals surface area contributed by atoms with E-state index in [-0.39, 0.29) is 6.04 Å². The van der Waals surface area contributed by atoms with Gasteiger partial charge in [0.15, 0.2) is 0 Å². The van der Waals surface area contributed by atoms with Crippen LogP contribution in [-0.4, -0.2) is 5.71 Å². The lowest BCUT2D eigenvalue weighted by molar-refractivity contribution is 0.556. The molecule has 1 aliphatic rings. The van der Waals surface area contributed by atoms with Crippen LogP contribution in [0.15, 0.2) is 76.4 Å². The fourth-order valence-corrected chi connectivity index (χ4v) is 3.32. The predicted octanol–water partition coefficient (Wildman–Crippen LogP) is 5.25. The van der Waals surface area contributed by atoms with Crippen molar-refractivity contribution in [1.29, 1.82) is 0 Å². The van der Waals surface area contributed by atoms with E-state index in [1.165, 1.54) is 16.7 Å². The number of hydrogen-bond donors (Lipinski definition) is 0. The quantitative estimate of drug-likeness (QED) is 0.660. The van der Waals surface area contributed by atoms with Gasteiger partial charge in [-0.15, -0.1) is 0 Å². The van der Waals surface area contributed by atoms with E-state index in [1.807, 2.05) is 18.2 Å². The summed E-state index contributed by atoms with van der Waals surface area (Å²) in [5.41, 5.74) is 5.91. The van der Waals surface area contributed by atoms with Gasteiger partial charge >= 0.3 is 0 Å². The Morgan fingerprint density at radius 2 is 1.83 bits per heavy atom. The molecule has 2 heterocycles. The van der Waals surface area contributed by atoms with E-state index < -0.39 is 0 Å². The maximum absolute atomic E-state index is 5.58. The molecule has 0 N–H and O–H groups in total. The third-order valence-corrected chi connectivity index (χ3v) is 4.50. The monoisotopic (exact) mass is 316 g/mol. The van der Waals surface area contributed by atoms with Crippen LogP contribution in [0.1, 0.15) is 34.9 Å². The van der Waals surface area contributed by atoms with Gasteiger partial charge in [0, 0.05) is 6.42 Å². The second-order valence-electron chi connectivity index (χ2n) is 6.29. The van der Waals surface area contributed by atoms with Crippen LogP contribution in [0, 0.1) is 13.8 Å². The smallest absolute Gasteiger partial charge is 0.149 e. The lowest BCUT2D eigenvalue weighted by Gasteiger charge is -2.25. The minimum absolute atomic E-state index is 0.188. The normalized spacial score (nSPS) is 17.2. The first kappa shape index (κ1) is 14.8. The molecule has 1 aromatic heterocycles. The molecule has 3 nitrogen and oxygen atoms in total. The van der Waals surface area contributed by atoms with Crippen LogP contribution in [0.3, 0.4) is 0 Å². The number of nitrogens with zero attached hydrogens (tertiary/aromatic N) is 2. The van der Waals surface area contributed by atoms with Crippen molar-refractivity contribution in [3.8, 4) is 0 Å². The zero-order valence-electron chi connectivity index (χ0n) is 13.9. The van der Waals surface area contributed by atoms with Gasteiger partial charge in [0.25, 0.3) is 0 Å². The molecule has 3 aromatic rings. The second kappa shape index (κ2) is 6.00. The van der Waals surface area contributed by atoms with Gasteiger partial charge in [-0.1, -0.05) is 48.0 Å². The Kier molecular flexibility index (Phi) is 3.69. The summed E-state index contributed by atoms with van der Waals surface area (Å²) >= 11 is 0. The third-order valence-electron chi connectivity index (χ3n) is 4.50. The summed E-state index contributed by atoms with van der Waals surface area (Å²) in [5, 5.41) is 7.05. The number of hydrazone groups is 1. The average Bonchev–Trinajstić information content (AvgIpc) is 3.25. The molecule has 1 unspecified atom stereocenters. The molecular formula is C21H20N2O. The van der Waals surface area contributed by atoms with Crippen molar-refractivity contribution in [3.05, 3.63) is 89.4 Å². The summed E-state index contributed by atoms with van der Waals surface area (Å²) in [6.07, 6.45) is 2.54. The first-order chi connectivity index (χ1) is 11.7. The molecule has 1 aliphatic heterocycles. The van der Waals surface area contributed by atoms with Gasteiger partial charge in [0.05, 0.1) is 18.0 Å². The molecule has 0 saturated carbocycles. The Hall–Kier alpha value is -2.81. The van der Waals surface area contributed by atoms with Gasteiger partial charge < -0.3 is 4.42 Å². The first-order valence-corrected chi connectivity index (χ1v) is 8.25. The Bertz CT molecular complexity index is 866. The summed E-state index contributed by atoms with van der Waals surface area (Å²) in [7, 11) is 0. The van der Waals surface area contributed by atoms with E-state index in [2.05, 4.69) is 61.3 Å². The van der Waals surface area contributed by atoms with Crippen molar-refractivity contribution >= 4 is 11.4 Å². The lowest BCUT2D eigenvalue weighted by Crippen LogP contribution is -2.19. The van der Waals surface area contributed by atoms with Gasteiger partial charge in [-0.25, -0.2) is 0 Å². The standard InChI is InChI=1S/C21H20N2O/c1-15-10-11-19(16(2)13-15)23-20(17-7-4-3-5-8-17)14-18(22-23)21-9-6-12-24-21/h3-13,20H,14H2,1-2H3. The van der Waals surface area contributed by atoms with Gasteiger partial charge in [-0.3, -0.25) is 5.01 Å². The number of benzene rings is 2. The Morgan fingerprint density at radius 1 is 1.00 bits per heavy atom. The molecule has 0 saturated heterocycles. The van der Waals surface area contributed by atoms with Crippen LogP contribution in [0.25, 0.3) is 0 Å². The highest BCUT2D eigenvalue weighted by molar-refractivity contribution is 6.01. The molecular weight excluding hydrogens is 296 g/mol.